The average Bonchev–Trinajstić information content (AvgIpc) is 2.23. The van der Waals surface area contributed by atoms with Crippen LogP contribution in [0.5, 0.6) is 0 Å². The summed E-state index contributed by atoms with van der Waals surface area (Å²) in [5.74, 6) is 0. The molecule has 2 nitrogen and oxygen atoms in total. The van der Waals surface area contributed by atoms with Gasteiger partial charge in [-0.15, -0.1) is 0 Å². The molecule has 14 heavy (non-hydrogen) atoms. The largest absolute Gasteiger partial charge is 0.378 e. The molecule has 0 radical (unpaired) electrons. The Morgan fingerprint density at radius 2 is 2.36 bits per heavy atom. The minimum Gasteiger partial charge on any atom is -0.378 e. The fourth-order valence-corrected chi connectivity index (χ4v) is 2.02. The molecule has 1 fully saturated rings. The lowest BCUT2D eigenvalue weighted by molar-refractivity contribution is 0.0769. The average molecular weight is 277 g/mol. The van der Waals surface area contributed by atoms with Crippen molar-refractivity contribution in [2.45, 2.75) is 6.04 Å². The fraction of sp³-hybridized carbons (Fsp3) is 0.400. The second-order valence-corrected chi connectivity index (χ2v) is 4.52. The van der Waals surface area contributed by atoms with Gasteiger partial charge in [-0.1, -0.05) is 17.7 Å². The van der Waals surface area contributed by atoms with Gasteiger partial charge in [0, 0.05) is 11.0 Å². The van der Waals surface area contributed by atoms with E-state index in [4.69, 9.17) is 16.3 Å². The second kappa shape index (κ2) is 4.62. The van der Waals surface area contributed by atoms with Crippen LogP contribution in [-0.2, 0) is 4.74 Å². The van der Waals surface area contributed by atoms with Crippen molar-refractivity contribution in [3.63, 3.8) is 0 Å². The molecule has 0 spiro atoms. The molecule has 0 aromatic heterocycles. The SMILES string of the molecule is Clc1ccc([C@H]2COCCN2)cc1Br. The van der Waals surface area contributed by atoms with Gasteiger partial charge in [0.2, 0.25) is 0 Å². The number of ether oxygens (including phenoxy) is 1. The number of morpholine rings is 1. The highest BCUT2D eigenvalue weighted by molar-refractivity contribution is 9.10. The van der Waals surface area contributed by atoms with Crippen LogP contribution in [0.25, 0.3) is 0 Å². The second-order valence-electron chi connectivity index (χ2n) is 3.26. The highest BCUT2D eigenvalue weighted by atomic mass is 79.9. The van der Waals surface area contributed by atoms with Crippen molar-refractivity contribution in [3.05, 3.63) is 33.3 Å². The van der Waals surface area contributed by atoms with Crippen molar-refractivity contribution < 1.29 is 4.74 Å². The van der Waals surface area contributed by atoms with Crippen LogP contribution in [0.15, 0.2) is 22.7 Å². The zero-order valence-electron chi connectivity index (χ0n) is 7.59. The number of rotatable bonds is 1. The van der Waals surface area contributed by atoms with Crippen molar-refractivity contribution in [2.75, 3.05) is 19.8 Å². The van der Waals surface area contributed by atoms with Crippen molar-refractivity contribution in [1.82, 2.24) is 5.32 Å². The maximum absolute atomic E-state index is 5.92. The fourth-order valence-electron chi connectivity index (χ4n) is 1.51. The van der Waals surface area contributed by atoms with Gasteiger partial charge < -0.3 is 10.1 Å². The minimum atomic E-state index is 0.289. The normalized spacial score (nSPS) is 22.3. The third-order valence-electron chi connectivity index (χ3n) is 2.27. The summed E-state index contributed by atoms with van der Waals surface area (Å²) in [5.41, 5.74) is 1.21. The topological polar surface area (TPSA) is 21.3 Å². The molecule has 0 amide bonds. The summed E-state index contributed by atoms with van der Waals surface area (Å²) in [5, 5.41) is 4.13. The zero-order valence-corrected chi connectivity index (χ0v) is 9.94. The first-order valence-electron chi connectivity index (χ1n) is 4.53. The van der Waals surface area contributed by atoms with Gasteiger partial charge in [0.05, 0.1) is 24.3 Å². The maximum Gasteiger partial charge on any atom is 0.0662 e. The Morgan fingerprint density at radius 3 is 3.00 bits per heavy atom. The molecule has 0 unspecified atom stereocenters. The Balaban J connectivity index is 2.18. The molecule has 1 heterocycles. The van der Waals surface area contributed by atoms with E-state index in [-0.39, 0.29) is 6.04 Å². The molecule has 1 atom stereocenters. The Hall–Kier alpha value is -0.0900. The van der Waals surface area contributed by atoms with E-state index in [2.05, 4.69) is 21.2 Å². The lowest BCUT2D eigenvalue weighted by Gasteiger charge is -2.24. The molecule has 1 aromatic carbocycles. The van der Waals surface area contributed by atoms with Gasteiger partial charge in [-0.2, -0.15) is 0 Å². The maximum atomic E-state index is 5.92. The third-order valence-corrected chi connectivity index (χ3v) is 3.48. The van der Waals surface area contributed by atoms with E-state index in [0.29, 0.717) is 0 Å². The van der Waals surface area contributed by atoms with Crippen LogP contribution in [0.4, 0.5) is 0 Å². The van der Waals surface area contributed by atoms with E-state index >= 15 is 0 Å². The van der Waals surface area contributed by atoms with Crippen LogP contribution in [0.3, 0.4) is 0 Å². The molecular weight excluding hydrogens is 265 g/mol. The van der Waals surface area contributed by atoms with Gasteiger partial charge in [0.25, 0.3) is 0 Å². The van der Waals surface area contributed by atoms with Crippen LogP contribution in [-0.4, -0.2) is 19.8 Å². The number of hydrogen-bond acceptors (Lipinski definition) is 2. The number of halogens is 2. The summed E-state index contributed by atoms with van der Waals surface area (Å²) in [7, 11) is 0. The lowest BCUT2D eigenvalue weighted by atomic mass is 10.1. The van der Waals surface area contributed by atoms with E-state index in [1.165, 1.54) is 5.56 Å². The Kier molecular flexibility index (Phi) is 3.44. The van der Waals surface area contributed by atoms with Gasteiger partial charge in [-0.25, -0.2) is 0 Å². The van der Waals surface area contributed by atoms with E-state index in [1.807, 2.05) is 18.2 Å². The van der Waals surface area contributed by atoms with Crippen molar-refractivity contribution in [3.8, 4) is 0 Å². The van der Waals surface area contributed by atoms with Gasteiger partial charge in [-0.05, 0) is 33.6 Å². The first kappa shape index (κ1) is 10.4. The monoisotopic (exact) mass is 275 g/mol. The summed E-state index contributed by atoms with van der Waals surface area (Å²) in [6.07, 6.45) is 0. The Labute approximate surface area is 96.7 Å². The number of hydrogen-bond donors (Lipinski definition) is 1. The lowest BCUT2D eigenvalue weighted by Crippen LogP contribution is -2.34. The van der Waals surface area contributed by atoms with Crippen molar-refractivity contribution in [2.24, 2.45) is 0 Å². The van der Waals surface area contributed by atoms with Crippen molar-refractivity contribution in [1.29, 1.82) is 0 Å². The molecule has 4 heteroatoms. The standard InChI is InChI=1S/C10H11BrClNO/c11-8-5-7(1-2-9(8)12)10-6-14-4-3-13-10/h1-2,5,10,13H,3-4,6H2/t10-/m1/s1. The van der Waals surface area contributed by atoms with Crippen molar-refractivity contribution >= 4 is 27.5 Å². The summed E-state index contributed by atoms with van der Waals surface area (Å²) in [4.78, 5) is 0. The first-order valence-corrected chi connectivity index (χ1v) is 5.70. The van der Waals surface area contributed by atoms with E-state index in [1.54, 1.807) is 0 Å². The molecule has 1 aliphatic heterocycles. The van der Waals surface area contributed by atoms with Gasteiger partial charge in [0.1, 0.15) is 0 Å². The highest BCUT2D eigenvalue weighted by Gasteiger charge is 2.15. The quantitative estimate of drug-likeness (QED) is 0.852. The molecule has 1 aliphatic rings. The van der Waals surface area contributed by atoms with Gasteiger partial charge >= 0.3 is 0 Å². The van der Waals surface area contributed by atoms with Crippen LogP contribution in [0.2, 0.25) is 5.02 Å². The van der Waals surface area contributed by atoms with Crippen LogP contribution in [0, 0.1) is 0 Å². The molecule has 0 saturated carbocycles. The van der Waals surface area contributed by atoms with E-state index < -0.39 is 0 Å². The van der Waals surface area contributed by atoms with E-state index in [0.717, 1.165) is 29.3 Å². The number of benzene rings is 1. The van der Waals surface area contributed by atoms with E-state index in [9.17, 15) is 0 Å². The molecule has 0 aliphatic carbocycles. The number of nitrogens with one attached hydrogen (secondary N) is 1. The molecule has 1 aromatic rings. The molecule has 1 saturated heterocycles. The minimum absolute atomic E-state index is 0.289. The molecular formula is C10H11BrClNO. The molecule has 76 valence electrons. The van der Waals surface area contributed by atoms with Gasteiger partial charge in [-0.3, -0.25) is 0 Å². The smallest absolute Gasteiger partial charge is 0.0662 e. The summed E-state index contributed by atoms with van der Waals surface area (Å²) in [6, 6.07) is 6.25. The third kappa shape index (κ3) is 2.28. The predicted molar refractivity (Wildman–Crippen MR) is 60.7 cm³/mol. The first-order chi connectivity index (χ1) is 6.77. The molecule has 1 N–H and O–H groups in total. The summed E-state index contributed by atoms with van der Waals surface area (Å²) in [6.45, 7) is 2.43. The predicted octanol–water partition coefficient (Wildman–Crippen LogP) is 2.76. The van der Waals surface area contributed by atoms with Crippen LogP contribution in [0.1, 0.15) is 11.6 Å². The van der Waals surface area contributed by atoms with Crippen LogP contribution >= 0.6 is 27.5 Å². The molecule has 0 bridgehead atoms. The highest BCUT2D eigenvalue weighted by Crippen LogP contribution is 2.26. The zero-order chi connectivity index (χ0) is 9.97. The van der Waals surface area contributed by atoms with Crippen LogP contribution < -0.4 is 5.32 Å². The summed E-state index contributed by atoms with van der Waals surface area (Å²) < 4.78 is 6.33. The Bertz CT molecular complexity index is 326. The molecule has 2 rings (SSSR count). The summed E-state index contributed by atoms with van der Waals surface area (Å²) >= 11 is 9.33. The van der Waals surface area contributed by atoms with Gasteiger partial charge in [0.15, 0.2) is 0 Å². The Morgan fingerprint density at radius 1 is 1.50 bits per heavy atom.